The van der Waals surface area contributed by atoms with Gasteiger partial charge in [-0.2, -0.15) is 0 Å². The van der Waals surface area contributed by atoms with Gasteiger partial charge in [0.15, 0.2) is 0 Å². The molecule has 1 aromatic carbocycles. The summed E-state index contributed by atoms with van der Waals surface area (Å²) in [5.74, 6) is -0.719. The summed E-state index contributed by atoms with van der Waals surface area (Å²) >= 11 is 4.79. The summed E-state index contributed by atoms with van der Waals surface area (Å²) in [4.78, 5) is 25.5. The lowest BCUT2D eigenvalue weighted by Crippen LogP contribution is -2.41. The number of amides is 1. The van der Waals surface area contributed by atoms with Crippen molar-refractivity contribution in [2.45, 2.75) is 23.8 Å². The van der Waals surface area contributed by atoms with Crippen LogP contribution in [0.4, 0.5) is 0 Å². The number of carboxylic acids is 1. The van der Waals surface area contributed by atoms with E-state index >= 15 is 0 Å². The highest BCUT2D eigenvalue weighted by Crippen LogP contribution is 2.23. The zero-order chi connectivity index (χ0) is 13.8. The van der Waals surface area contributed by atoms with Gasteiger partial charge >= 0.3 is 5.97 Å². The third-order valence-electron chi connectivity index (χ3n) is 3.03. The van der Waals surface area contributed by atoms with Gasteiger partial charge in [0.25, 0.3) is 0 Å². The molecule has 1 aromatic rings. The highest BCUT2D eigenvalue weighted by atomic mass is 79.9. The van der Waals surface area contributed by atoms with Crippen molar-refractivity contribution in [3.63, 3.8) is 0 Å². The van der Waals surface area contributed by atoms with Crippen LogP contribution in [0, 0.1) is 0 Å². The predicted octanol–water partition coefficient (Wildman–Crippen LogP) is 2.62. The fourth-order valence-corrected chi connectivity index (χ4v) is 3.13. The highest BCUT2D eigenvalue weighted by molar-refractivity contribution is 9.10. The summed E-state index contributed by atoms with van der Waals surface area (Å²) in [7, 11) is 0. The molecule has 0 spiro atoms. The van der Waals surface area contributed by atoms with E-state index in [0.29, 0.717) is 13.0 Å². The molecule has 0 bridgehead atoms. The second kappa shape index (κ2) is 6.43. The SMILES string of the molecule is O=C(O)[C@@H]1CCCN1C(=O)CSc1ccc(Br)cc1. The normalized spacial score (nSPS) is 18.6. The first-order valence-electron chi connectivity index (χ1n) is 5.98. The van der Waals surface area contributed by atoms with Gasteiger partial charge in [0, 0.05) is 15.9 Å². The number of hydrogen-bond donors (Lipinski definition) is 1. The molecule has 0 aliphatic carbocycles. The van der Waals surface area contributed by atoms with Crippen molar-refractivity contribution in [1.82, 2.24) is 4.90 Å². The van der Waals surface area contributed by atoms with Crippen LogP contribution in [0.2, 0.25) is 0 Å². The molecule has 0 unspecified atom stereocenters. The van der Waals surface area contributed by atoms with Gasteiger partial charge in [0.2, 0.25) is 5.91 Å². The number of carbonyl (C=O) groups is 2. The van der Waals surface area contributed by atoms with E-state index in [0.717, 1.165) is 15.8 Å². The molecule has 0 aromatic heterocycles. The van der Waals surface area contributed by atoms with Crippen molar-refractivity contribution < 1.29 is 14.7 Å². The average molecular weight is 344 g/mol. The Hall–Kier alpha value is -1.01. The highest BCUT2D eigenvalue weighted by Gasteiger charge is 2.33. The number of rotatable bonds is 4. The van der Waals surface area contributed by atoms with Crippen LogP contribution < -0.4 is 0 Å². The maximum Gasteiger partial charge on any atom is 0.326 e. The van der Waals surface area contributed by atoms with Gasteiger partial charge in [0.05, 0.1) is 5.75 Å². The number of thioether (sulfide) groups is 1. The molecule has 1 amide bonds. The quantitative estimate of drug-likeness (QED) is 0.853. The van der Waals surface area contributed by atoms with Crippen molar-refractivity contribution in [2.24, 2.45) is 0 Å². The summed E-state index contributed by atoms with van der Waals surface area (Å²) in [6.07, 6.45) is 1.33. The molecule has 1 aliphatic heterocycles. The third kappa shape index (κ3) is 3.73. The number of hydrogen-bond acceptors (Lipinski definition) is 3. The fraction of sp³-hybridized carbons (Fsp3) is 0.385. The third-order valence-corrected chi connectivity index (χ3v) is 4.56. The summed E-state index contributed by atoms with van der Waals surface area (Å²) in [6, 6.07) is 7.06. The van der Waals surface area contributed by atoms with Crippen molar-refractivity contribution in [3.05, 3.63) is 28.7 Å². The van der Waals surface area contributed by atoms with Crippen molar-refractivity contribution >= 4 is 39.6 Å². The first kappa shape index (κ1) is 14.4. The van der Waals surface area contributed by atoms with Crippen LogP contribution in [0.5, 0.6) is 0 Å². The number of aliphatic carboxylic acids is 1. The molecular formula is C13H14BrNO3S. The fourth-order valence-electron chi connectivity index (χ4n) is 2.08. The van der Waals surface area contributed by atoms with Crippen LogP contribution >= 0.6 is 27.7 Å². The van der Waals surface area contributed by atoms with Gasteiger partial charge in [-0.3, -0.25) is 4.79 Å². The van der Waals surface area contributed by atoms with Crippen LogP contribution in [0.1, 0.15) is 12.8 Å². The van der Waals surface area contributed by atoms with E-state index in [1.165, 1.54) is 16.7 Å². The number of halogens is 1. The maximum atomic E-state index is 12.0. The molecule has 2 rings (SSSR count). The zero-order valence-corrected chi connectivity index (χ0v) is 12.6. The van der Waals surface area contributed by atoms with Crippen LogP contribution in [0.15, 0.2) is 33.6 Å². The Morgan fingerprint density at radius 1 is 1.37 bits per heavy atom. The lowest BCUT2D eigenvalue weighted by Gasteiger charge is -2.21. The minimum atomic E-state index is -0.903. The first-order valence-corrected chi connectivity index (χ1v) is 7.76. The molecule has 1 heterocycles. The molecule has 6 heteroatoms. The lowest BCUT2D eigenvalue weighted by molar-refractivity contribution is -0.147. The number of nitrogens with zero attached hydrogens (tertiary/aromatic N) is 1. The Morgan fingerprint density at radius 3 is 2.68 bits per heavy atom. The molecule has 1 aliphatic rings. The van der Waals surface area contributed by atoms with Gasteiger partial charge in [-0.05, 0) is 37.1 Å². The van der Waals surface area contributed by atoms with Crippen LogP contribution in [0.25, 0.3) is 0 Å². The van der Waals surface area contributed by atoms with E-state index in [4.69, 9.17) is 5.11 Å². The van der Waals surface area contributed by atoms with E-state index in [2.05, 4.69) is 15.9 Å². The number of carboxylic acid groups (broad SMARTS) is 1. The molecule has 102 valence electrons. The van der Waals surface area contributed by atoms with Crippen LogP contribution in [-0.2, 0) is 9.59 Å². The molecule has 19 heavy (non-hydrogen) atoms. The van der Waals surface area contributed by atoms with Crippen LogP contribution in [-0.4, -0.2) is 40.2 Å². The van der Waals surface area contributed by atoms with Gasteiger partial charge in [-0.15, -0.1) is 11.8 Å². The van der Waals surface area contributed by atoms with E-state index in [-0.39, 0.29) is 11.7 Å². The summed E-state index contributed by atoms with van der Waals surface area (Å²) in [6.45, 7) is 0.552. The van der Waals surface area contributed by atoms with Gasteiger partial charge in [-0.1, -0.05) is 15.9 Å². The largest absolute Gasteiger partial charge is 0.480 e. The number of carbonyl (C=O) groups excluding carboxylic acids is 1. The Morgan fingerprint density at radius 2 is 2.05 bits per heavy atom. The Labute approximate surface area is 124 Å². The van der Waals surface area contributed by atoms with E-state index < -0.39 is 12.0 Å². The Bertz CT molecular complexity index is 477. The standard InChI is InChI=1S/C13H14BrNO3S/c14-9-3-5-10(6-4-9)19-8-12(16)15-7-1-2-11(15)13(17)18/h3-6,11H,1-2,7-8H2,(H,17,18)/t11-/m0/s1. The summed E-state index contributed by atoms with van der Waals surface area (Å²) in [5, 5.41) is 9.04. The van der Waals surface area contributed by atoms with Gasteiger partial charge in [0.1, 0.15) is 6.04 Å². The minimum absolute atomic E-state index is 0.0992. The first-order chi connectivity index (χ1) is 9.08. The monoisotopic (exact) mass is 343 g/mol. The van der Waals surface area contributed by atoms with E-state index in [1.54, 1.807) is 0 Å². The van der Waals surface area contributed by atoms with Gasteiger partial charge < -0.3 is 10.0 Å². The molecule has 4 nitrogen and oxygen atoms in total. The molecule has 1 N–H and O–H groups in total. The van der Waals surface area contributed by atoms with E-state index in [1.807, 2.05) is 24.3 Å². The molecule has 1 fully saturated rings. The predicted molar refractivity (Wildman–Crippen MR) is 77.2 cm³/mol. The second-order valence-corrected chi connectivity index (χ2v) is 6.29. The molecule has 0 radical (unpaired) electrons. The number of likely N-dealkylation sites (tertiary alicyclic amines) is 1. The molecule has 1 saturated heterocycles. The minimum Gasteiger partial charge on any atom is -0.480 e. The average Bonchev–Trinajstić information content (AvgIpc) is 2.87. The van der Waals surface area contributed by atoms with Crippen molar-refractivity contribution in [3.8, 4) is 0 Å². The van der Waals surface area contributed by atoms with E-state index in [9.17, 15) is 9.59 Å². The lowest BCUT2D eigenvalue weighted by atomic mass is 10.2. The summed E-state index contributed by atoms with van der Waals surface area (Å²) in [5.41, 5.74) is 0. The number of benzene rings is 1. The van der Waals surface area contributed by atoms with Crippen molar-refractivity contribution in [1.29, 1.82) is 0 Å². The van der Waals surface area contributed by atoms with Crippen molar-refractivity contribution in [2.75, 3.05) is 12.3 Å². The zero-order valence-electron chi connectivity index (χ0n) is 10.2. The maximum absolute atomic E-state index is 12.0. The molecule has 1 atom stereocenters. The summed E-state index contributed by atoms with van der Waals surface area (Å²) < 4.78 is 0.994. The Balaban J connectivity index is 1.90. The van der Waals surface area contributed by atoms with Gasteiger partial charge in [-0.25, -0.2) is 4.79 Å². The van der Waals surface area contributed by atoms with Crippen LogP contribution in [0.3, 0.4) is 0 Å². The topological polar surface area (TPSA) is 57.6 Å². The second-order valence-electron chi connectivity index (χ2n) is 4.33. The molecular weight excluding hydrogens is 330 g/mol. The smallest absolute Gasteiger partial charge is 0.326 e. The molecule has 0 saturated carbocycles. The Kier molecular flexibility index (Phi) is 4.87.